The van der Waals surface area contributed by atoms with Gasteiger partial charge in [0.15, 0.2) is 0 Å². The first-order valence-corrected chi connectivity index (χ1v) is 5.53. The molecule has 0 saturated heterocycles. The third kappa shape index (κ3) is 3.11. The molecule has 21 heavy (non-hydrogen) atoms. The summed E-state index contributed by atoms with van der Waals surface area (Å²) in [7, 11) is 0. The first kappa shape index (κ1) is 14.4. The van der Waals surface area contributed by atoms with Crippen LogP contribution in [0.5, 0.6) is 11.5 Å². The van der Waals surface area contributed by atoms with Gasteiger partial charge in [-0.15, -0.1) is 0 Å². The number of benzene rings is 2. The van der Waals surface area contributed by atoms with Crippen LogP contribution in [0, 0.1) is 21.7 Å². The van der Waals surface area contributed by atoms with E-state index in [-0.39, 0.29) is 5.75 Å². The second-order valence-electron chi connectivity index (χ2n) is 3.92. The molecule has 0 saturated carbocycles. The van der Waals surface area contributed by atoms with Crippen LogP contribution in [0.4, 0.5) is 14.5 Å². The number of carboxylic acids is 1. The van der Waals surface area contributed by atoms with Gasteiger partial charge >= 0.3 is 11.7 Å². The quantitative estimate of drug-likeness (QED) is 0.690. The van der Waals surface area contributed by atoms with Gasteiger partial charge in [-0.2, -0.15) is 0 Å². The van der Waals surface area contributed by atoms with Crippen LogP contribution in [0.1, 0.15) is 10.4 Å². The smallest absolute Gasteiger partial charge is 0.338 e. The van der Waals surface area contributed by atoms with E-state index in [1.165, 1.54) is 12.1 Å². The van der Waals surface area contributed by atoms with Gasteiger partial charge in [0, 0.05) is 12.1 Å². The van der Waals surface area contributed by atoms with Crippen LogP contribution >= 0.6 is 0 Å². The van der Waals surface area contributed by atoms with Crippen molar-refractivity contribution in [3.8, 4) is 11.5 Å². The van der Waals surface area contributed by atoms with E-state index in [0.29, 0.717) is 12.1 Å². The normalized spacial score (nSPS) is 10.2. The number of nitro groups is 1. The van der Waals surface area contributed by atoms with Gasteiger partial charge in [-0.1, -0.05) is 0 Å². The van der Waals surface area contributed by atoms with Gasteiger partial charge in [-0.3, -0.25) is 10.1 Å². The van der Waals surface area contributed by atoms with E-state index in [1.54, 1.807) is 0 Å². The fraction of sp³-hybridized carbons (Fsp3) is 0. The Hall–Kier alpha value is -3.03. The van der Waals surface area contributed by atoms with Crippen molar-refractivity contribution in [1.82, 2.24) is 0 Å². The number of nitrogens with zero attached hydrogens (tertiary/aromatic N) is 1. The molecule has 8 heteroatoms. The van der Waals surface area contributed by atoms with Crippen LogP contribution in [0.25, 0.3) is 0 Å². The fourth-order valence-corrected chi connectivity index (χ4v) is 1.56. The van der Waals surface area contributed by atoms with Crippen LogP contribution in [0.3, 0.4) is 0 Å². The molecule has 1 N–H and O–H groups in total. The van der Waals surface area contributed by atoms with Gasteiger partial charge in [0.1, 0.15) is 22.9 Å². The van der Waals surface area contributed by atoms with Gasteiger partial charge in [-0.25, -0.2) is 13.6 Å². The largest absolute Gasteiger partial charge is 0.478 e. The van der Waals surface area contributed by atoms with Crippen molar-refractivity contribution < 1.29 is 28.3 Å². The third-order valence-corrected chi connectivity index (χ3v) is 2.52. The SMILES string of the molecule is O=C(O)c1cc([N+](=O)[O-])c(Oc2ccc(F)cc2)cc1F. The lowest BCUT2D eigenvalue weighted by Crippen LogP contribution is -2.03. The summed E-state index contributed by atoms with van der Waals surface area (Å²) in [5.41, 5.74) is -1.55. The van der Waals surface area contributed by atoms with E-state index >= 15 is 0 Å². The number of aromatic carboxylic acids is 1. The van der Waals surface area contributed by atoms with Crippen LogP contribution < -0.4 is 4.74 Å². The zero-order valence-electron chi connectivity index (χ0n) is 10.2. The maximum atomic E-state index is 13.6. The van der Waals surface area contributed by atoms with E-state index in [9.17, 15) is 23.7 Å². The minimum absolute atomic E-state index is 0.0435. The second kappa shape index (κ2) is 5.53. The van der Waals surface area contributed by atoms with Gasteiger partial charge in [0.2, 0.25) is 5.75 Å². The molecule has 0 fully saturated rings. The molecule has 2 rings (SSSR count). The Balaban J connectivity index is 2.47. The number of hydrogen-bond acceptors (Lipinski definition) is 4. The molecule has 2 aromatic rings. The molecule has 0 amide bonds. The molecular weight excluding hydrogens is 288 g/mol. The van der Waals surface area contributed by atoms with E-state index in [4.69, 9.17) is 9.84 Å². The van der Waals surface area contributed by atoms with Crippen molar-refractivity contribution in [2.45, 2.75) is 0 Å². The molecule has 6 nitrogen and oxygen atoms in total. The van der Waals surface area contributed by atoms with E-state index in [0.717, 1.165) is 12.1 Å². The van der Waals surface area contributed by atoms with Crippen LogP contribution in [-0.4, -0.2) is 16.0 Å². The Morgan fingerprint density at radius 3 is 2.33 bits per heavy atom. The summed E-state index contributed by atoms with van der Waals surface area (Å²) < 4.78 is 31.4. The molecule has 0 aromatic heterocycles. The summed E-state index contributed by atoms with van der Waals surface area (Å²) in [5, 5.41) is 19.6. The van der Waals surface area contributed by atoms with Crippen molar-refractivity contribution in [2.24, 2.45) is 0 Å². The highest BCUT2D eigenvalue weighted by Gasteiger charge is 2.23. The number of carboxylic acid groups (broad SMARTS) is 1. The minimum atomic E-state index is -1.64. The molecule has 0 heterocycles. The molecule has 0 atom stereocenters. The zero-order chi connectivity index (χ0) is 15.6. The van der Waals surface area contributed by atoms with Crippen LogP contribution in [0.15, 0.2) is 36.4 Å². The van der Waals surface area contributed by atoms with E-state index < -0.39 is 39.5 Å². The summed E-state index contributed by atoms with van der Waals surface area (Å²) in [6.07, 6.45) is 0. The Morgan fingerprint density at radius 1 is 1.19 bits per heavy atom. The Morgan fingerprint density at radius 2 is 1.81 bits per heavy atom. The lowest BCUT2D eigenvalue weighted by Gasteiger charge is -2.07. The molecule has 0 spiro atoms. The lowest BCUT2D eigenvalue weighted by molar-refractivity contribution is -0.385. The Kier molecular flexibility index (Phi) is 3.79. The first-order valence-electron chi connectivity index (χ1n) is 5.53. The Labute approximate surface area is 116 Å². The van der Waals surface area contributed by atoms with Gasteiger partial charge in [-0.05, 0) is 24.3 Å². The number of ether oxygens (including phenoxy) is 1. The van der Waals surface area contributed by atoms with Gasteiger partial charge in [0.25, 0.3) is 0 Å². The fourth-order valence-electron chi connectivity index (χ4n) is 1.56. The molecule has 0 bridgehead atoms. The zero-order valence-corrected chi connectivity index (χ0v) is 10.2. The summed E-state index contributed by atoms with van der Waals surface area (Å²) in [6.45, 7) is 0. The molecule has 0 radical (unpaired) electrons. The number of nitro benzene ring substituents is 1. The molecule has 0 unspecified atom stereocenters. The molecule has 0 aliphatic carbocycles. The molecular formula is C13H7F2NO5. The minimum Gasteiger partial charge on any atom is -0.478 e. The number of rotatable bonds is 4. The molecule has 0 aliphatic rings. The molecule has 108 valence electrons. The van der Waals surface area contributed by atoms with Crippen molar-refractivity contribution >= 4 is 11.7 Å². The van der Waals surface area contributed by atoms with E-state index in [2.05, 4.69) is 0 Å². The van der Waals surface area contributed by atoms with Gasteiger partial charge < -0.3 is 9.84 Å². The predicted octanol–water partition coefficient (Wildman–Crippen LogP) is 3.36. The van der Waals surface area contributed by atoms with Crippen molar-refractivity contribution in [3.63, 3.8) is 0 Å². The highest BCUT2D eigenvalue weighted by molar-refractivity contribution is 5.89. The van der Waals surface area contributed by atoms with E-state index in [1.807, 2.05) is 0 Å². The van der Waals surface area contributed by atoms with Crippen molar-refractivity contribution in [2.75, 3.05) is 0 Å². The number of hydrogen-bond donors (Lipinski definition) is 1. The summed E-state index contributed by atoms with van der Waals surface area (Å²) in [5.74, 6) is -3.78. The summed E-state index contributed by atoms with van der Waals surface area (Å²) >= 11 is 0. The molecule has 2 aromatic carbocycles. The standard InChI is InChI=1S/C13H7F2NO5/c14-7-1-3-8(4-2-7)21-12-6-10(15)9(13(17)18)5-11(12)16(19)20/h1-6H,(H,17,18). The van der Waals surface area contributed by atoms with Crippen LogP contribution in [0.2, 0.25) is 0 Å². The maximum absolute atomic E-state index is 13.6. The Bertz CT molecular complexity index is 715. The lowest BCUT2D eigenvalue weighted by atomic mass is 10.1. The van der Waals surface area contributed by atoms with Crippen molar-refractivity contribution in [1.29, 1.82) is 0 Å². The number of carbonyl (C=O) groups is 1. The average molecular weight is 295 g/mol. The monoisotopic (exact) mass is 295 g/mol. The predicted molar refractivity (Wildman–Crippen MR) is 66.5 cm³/mol. The average Bonchev–Trinajstić information content (AvgIpc) is 2.40. The number of halogens is 2. The highest BCUT2D eigenvalue weighted by Crippen LogP contribution is 2.33. The van der Waals surface area contributed by atoms with Gasteiger partial charge in [0.05, 0.1) is 4.92 Å². The highest BCUT2D eigenvalue weighted by atomic mass is 19.1. The first-order chi connectivity index (χ1) is 9.88. The van der Waals surface area contributed by atoms with Crippen molar-refractivity contribution in [3.05, 3.63) is 63.7 Å². The summed E-state index contributed by atoms with van der Waals surface area (Å²) in [6, 6.07) is 5.68. The third-order valence-electron chi connectivity index (χ3n) is 2.52. The second-order valence-corrected chi connectivity index (χ2v) is 3.92. The van der Waals surface area contributed by atoms with Crippen LogP contribution in [-0.2, 0) is 0 Å². The molecule has 0 aliphatic heterocycles. The topological polar surface area (TPSA) is 89.7 Å². The maximum Gasteiger partial charge on any atom is 0.338 e. The summed E-state index contributed by atoms with van der Waals surface area (Å²) in [4.78, 5) is 20.8.